The summed E-state index contributed by atoms with van der Waals surface area (Å²) >= 11 is 5.16. The number of aromatic nitrogens is 4. The van der Waals surface area contributed by atoms with Gasteiger partial charge in [0, 0.05) is 19.3 Å². The Morgan fingerprint density at radius 2 is 2.13 bits per heavy atom. The van der Waals surface area contributed by atoms with Crippen molar-refractivity contribution in [2.75, 3.05) is 26.5 Å². The lowest BCUT2D eigenvalue weighted by atomic mass is 10.2. The van der Waals surface area contributed by atoms with E-state index in [9.17, 15) is 0 Å². The van der Waals surface area contributed by atoms with Crippen molar-refractivity contribution >= 4 is 27.7 Å². The normalized spacial score (nSPS) is 10.8. The van der Waals surface area contributed by atoms with Crippen molar-refractivity contribution in [1.29, 1.82) is 0 Å². The van der Waals surface area contributed by atoms with Crippen LogP contribution in [-0.4, -0.2) is 46.7 Å². The molecule has 0 aliphatic carbocycles. The lowest BCUT2D eigenvalue weighted by Gasteiger charge is -2.12. The minimum absolute atomic E-state index is 0.713. The summed E-state index contributed by atoms with van der Waals surface area (Å²) in [6.45, 7) is 1.69. The molecule has 126 valence electrons. The van der Waals surface area contributed by atoms with Gasteiger partial charge in [-0.1, -0.05) is 11.8 Å². The summed E-state index contributed by atoms with van der Waals surface area (Å²) in [6.07, 6.45) is 1.03. The number of nitrogens with one attached hydrogen (secondary N) is 1. The highest BCUT2D eigenvalue weighted by Crippen LogP contribution is 2.36. The molecule has 2 aromatic rings. The highest BCUT2D eigenvalue weighted by atomic mass is 79.9. The zero-order valence-electron chi connectivity index (χ0n) is 13.4. The number of rotatable bonds is 9. The second kappa shape index (κ2) is 9.09. The standard InChI is InChI=1S/C14H20BrN5O2S/c1-20-14(17-18-19-20)23-6-4-5-16-9-10-7-11(15)13(22-3)12(8-10)21-2/h7-8,16H,4-6,9H2,1-3H3. The van der Waals surface area contributed by atoms with Gasteiger partial charge in [-0.3, -0.25) is 0 Å². The molecule has 2 rings (SSSR count). The van der Waals surface area contributed by atoms with Crippen LogP contribution in [-0.2, 0) is 13.6 Å². The lowest BCUT2D eigenvalue weighted by Crippen LogP contribution is -2.15. The highest BCUT2D eigenvalue weighted by molar-refractivity contribution is 9.10. The van der Waals surface area contributed by atoms with E-state index in [1.165, 1.54) is 0 Å². The fourth-order valence-electron chi connectivity index (χ4n) is 2.01. The zero-order valence-corrected chi connectivity index (χ0v) is 15.8. The number of nitrogens with zero attached hydrogens (tertiary/aromatic N) is 4. The molecule has 0 aliphatic heterocycles. The fourth-order valence-corrected chi connectivity index (χ4v) is 3.45. The molecule has 7 nitrogen and oxygen atoms in total. The molecule has 0 spiro atoms. The maximum Gasteiger partial charge on any atom is 0.209 e. The van der Waals surface area contributed by atoms with E-state index >= 15 is 0 Å². The number of aryl methyl sites for hydroxylation is 1. The molecular formula is C14H20BrN5O2S. The molecular weight excluding hydrogens is 382 g/mol. The number of thioether (sulfide) groups is 1. The first-order valence-electron chi connectivity index (χ1n) is 7.12. The third-order valence-corrected chi connectivity index (χ3v) is 4.82. The largest absolute Gasteiger partial charge is 0.493 e. The van der Waals surface area contributed by atoms with Crippen molar-refractivity contribution in [3.05, 3.63) is 22.2 Å². The number of hydrogen-bond acceptors (Lipinski definition) is 7. The summed E-state index contributed by atoms with van der Waals surface area (Å²) in [5.74, 6) is 2.41. The van der Waals surface area contributed by atoms with E-state index in [2.05, 4.69) is 36.8 Å². The van der Waals surface area contributed by atoms with Crippen molar-refractivity contribution in [2.24, 2.45) is 7.05 Å². The number of benzene rings is 1. The molecule has 0 radical (unpaired) electrons. The molecule has 0 atom stereocenters. The van der Waals surface area contributed by atoms with E-state index in [-0.39, 0.29) is 0 Å². The zero-order chi connectivity index (χ0) is 16.7. The molecule has 23 heavy (non-hydrogen) atoms. The first-order valence-corrected chi connectivity index (χ1v) is 8.89. The van der Waals surface area contributed by atoms with Crippen LogP contribution >= 0.6 is 27.7 Å². The maximum atomic E-state index is 5.35. The number of tetrazole rings is 1. The smallest absolute Gasteiger partial charge is 0.209 e. The molecule has 0 bridgehead atoms. The molecule has 0 fully saturated rings. The van der Waals surface area contributed by atoms with Gasteiger partial charge in [0.15, 0.2) is 11.5 Å². The van der Waals surface area contributed by atoms with Gasteiger partial charge in [0.05, 0.1) is 18.7 Å². The third-order valence-electron chi connectivity index (χ3n) is 3.13. The minimum atomic E-state index is 0.713. The molecule has 0 aliphatic rings. The average Bonchev–Trinajstić information content (AvgIpc) is 2.95. The van der Waals surface area contributed by atoms with Crippen LogP contribution in [0.2, 0.25) is 0 Å². The third kappa shape index (κ3) is 5.08. The second-order valence-electron chi connectivity index (χ2n) is 4.78. The molecule has 0 saturated heterocycles. The SMILES string of the molecule is COc1cc(CNCCCSc2nnnn2C)cc(Br)c1OC. The monoisotopic (exact) mass is 401 g/mol. The Kier molecular flexibility index (Phi) is 7.13. The van der Waals surface area contributed by atoms with Crippen LogP contribution in [0.1, 0.15) is 12.0 Å². The summed E-state index contributed by atoms with van der Waals surface area (Å²) in [5.41, 5.74) is 1.14. The van der Waals surface area contributed by atoms with Gasteiger partial charge >= 0.3 is 0 Å². The molecule has 0 saturated carbocycles. The van der Waals surface area contributed by atoms with Crippen LogP contribution in [0.5, 0.6) is 11.5 Å². The lowest BCUT2D eigenvalue weighted by molar-refractivity contribution is 0.352. The van der Waals surface area contributed by atoms with E-state index < -0.39 is 0 Å². The summed E-state index contributed by atoms with van der Waals surface area (Å²) < 4.78 is 13.2. The maximum absolute atomic E-state index is 5.35. The van der Waals surface area contributed by atoms with Gasteiger partial charge in [-0.15, -0.1) is 5.10 Å². The Morgan fingerprint density at radius 3 is 2.78 bits per heavy atom. The predicted molar refractivity (Wildman–Crippen MR) is 93.1 cm³/mol. The van der Waals surface area contributed by atoms with E-state index in [4.69, 9.17) is 9.47 Å². The van der Waals surface area contributed by atoms with Gasteiger partial charge in [-0.2, -0.15) is 0 Å². The van der Waals surface area contributed by atoms with Crippen LogP contribution in [0, 0.1) is 0 Å². The van der Waals surface area contributed by atoms with Crippen molar-refractivity contribution in [3.8, 4) is 11.5 Å². The van der Waals surface area contributed by atoms with Gasteiger partial charge in [0.2, 0.25) is 5.16 Å². The Morgan fingerprint density at radius 1 is 1.30 bits per heavy atom. The Bertz CT molecular complexity index is 638. The van der Waals surface area contributed by atoms with Gasteiger partial charge in [0.25, 0.3) is 0 Å². The number of ether oxygens (including phenoxy) is 2. The Balaban J connectivity index is 1.74. The predicted octanol–water partition coefficient (Wildman–Crippen LogP) is 2.26. The van der Waals surface area contributed by atoms with Gasteiger partial charge < -0.3 is 14.8 Å². The van der Waals surface area contributed by atoms with Gasteiger partial charge in [-0.25, -0.2) is 4.68 Å². The van der Waals surface area contributed by atoms with Crippen LogP contribution in [0.25, 0.3) is 0 Å². The molecule has 1 N–H and O–H groups in total. The van der Waals surface area contributed by atoms with Gasteiger partial charge in [0.1, 0.15) is 0 Å². The van der Waals surface area contributed by atoms with Crippen LogP contribution in [0.4, 0.5) is 0 Å². The minimum Gasteiger partial charge on any atom is -0.493 e. The molecule has 0 unspecified atom stereocenters. The van der Waals surface area contributed by atoms with E-state index in [0.29, 0.717) is 5.75 Å². The fraction of sp³-hybridized carbons (Fsp3) is 0.500. The quantitative estimate of drug-likeness (QED) is 0.510. The van der Waals surface area contributed by atoms with Gasteiger partial charge in [-0.05, 0) is 57.0 Å². The summed E-state index contributed by atoms with van der Waals surface area (Å²) in [7, 11) is 5.11. The Hall–Kier alpha value is -1.32. The summed E-state index contributed by atoms with van der Waals surface area (Å²) in [5, 5.41) is 15.6. The second-order valence-corrected chi connectivity index (χ2v) is 6.69. The molecule has 1 heterocycles. The first kappa shape index (κ1) is 18.0. The van der Waals surface area contributed by atoms with Crippen LogP contribution in [0.3, 0.4) is 0 Å². The number of halogens is 1. The average molecular weight is 402 g/mol. The van der Waals surface area contributed by atoms with E-state index in [1.807, 2.05) is 19.2 Å². The molecule has 1 aromatic heterocycles. The van der Waals surface area contributed by atoms with Crippen LogP contribution < -0.4 is 14.8 Å². The summed E-state index contributed by atoms with van der Waals surface area (Å²) in [4.78, 5) is 0. The molecule has 9 heteroatoms. The van der Waals surface area contributed by atoms with E-state index in [0.717, 1.165) is 46.2 Å². The number of hydrogen-bond donors (Lipinski definition) is 1. The first-order chi connectivity index (χ1) is 11.2. The van der Waals surface area contributed by atoms with Crippen molar-refractivity contribution in [2.45, 2.75) is 18.1 Å². The Labute approximate surface area is 148 Å². The van der Waals surface area contributed by atoms with E-state index in [1.54, 1.807) is 30.7 Å². The van der Waals surface area contributed by atoms with Crippen molar-refractivity contribution in [3.63, 3.8) is 0 Å². The highest BCUT2D eigenvalue weighted by Gasteiger charge is 2.10. The summed E-state index contributed by atoms with van der Waals surface area (Å²) in [6, 6.07) is 4.02. The van der Waals surface area contributed by atoms with Crippen molar-refractivity contribution in [1.82, 2.24) is 25.5 Å². The molecule has 1 aromatic carbocycles. The van der Waals surface area contributed by atoms with Crippen molar-refractivity contribution < 1.29 is 9.47 Å². The van der Waals surface area contributed by atoms with Crippen LogP contribution in [0.15, 0.2) is 21.8 Å². The number of methoxy groups -OCH3 is 2. The molecule has 0 amide bonds. The topological polar surface area (TPSA) is 74.1 Å².